The van der Waals surface area contributed by atoms with Gasteiger partial charge in [0.05, 0.1) is 6.04 Å². The molecule has 1 aromatic rings. The third-order valence-corrected chi connectivity index (χ3v) is 3.18. The number of fused-ring (bicyclic) bond motifs is 3. The van der Waals surface area contributed by atoms with Crippen LogP contribution in [-0.2, 0) is 6.42 Å². The highest BCUT2D eigenvalue weighted by Crippen LogP contribution is 2.33. The Bertz CT molecular complexity index is 355. The van der Waals surface area contributed by atoms with Gasteiger partial charge in [0.1, 0.15) is 5.82 Å². The molecule has 0 radical (unpaired) electrons. The molecule has 2 aliphatic heterocycles. The lowest BCUT2D eigenvalue weighted by Gasteiger charge is -2.23. The Hall–Kier alpha value is -1.19. The van der Waals surface area contributed by atoms with Gasteiger partial charge in [0.25, 0.3) is 0 Å². The Morgan fingerprint density at radius 1 is 1.36 bits per heavy atom. The van der Waals surface area contributed by atoms with Gasteiger partial charge in [-0.15, -0.1) is 0 Å². The molecule has 0 aliphatic carbocycles. The van der Waals surface area contributed by atoms with Crippen LogP contribution in [0.1, 0.15) is 31.4 Å². The highest BCUT2D eigenvalue weighted by molar-refractivity contribution is 5.61. The van der Waals surface area contributed by atoms with Crippen molar-refractivity contribution in [2.75, 3.05) is 23.7 Å². The van der Waals surface area contributed by atoms with Crippen molar-refractivity contribution in [2.24, 2.45) is 0 Å². The Morgan fingerprint density at radius 3 is 3.21 bits per heavy atom. The first kappa shape index (κ1) is 8.15. The van der Waals surface area contributed by atoms with Crippen LogP contribution in [0.2, 0.25) is 0 Å². The molecular formula is C10H16N4. The molecule has 0 saturated carbocycles. The molecule has 0 amide bonds. The molecule has 1 aromatic heterocycles. The fourth-order valence-electron chi connectivity index (χ4n) is 2.35. The third kappa shape index (κ3) is 1.03. The number of hydrogen-bond donors (Lipinski definition) is 2. The molecule has 0 fully saturated rings. The second-order valence-electron chi connectivity index (χ2n) is 4.22. The first-order chi connectivity index (χ1) is 6.86. The van der Waals surface area contributed by atoms with E-state index in [1.165, 1.54) is 24.2 Å². The normalized spacial score (nSPS) is 24.5. The lowest BCUT2D eigenvalue weighted by atomic mass is 10.1. The van der Waals surface area contributed by atoms with E-state index >= 15 is 0 Å². The smallest absolute Gasteiger partial charge is 0.153 e. The predicted octanol–water partition coefficient (Wildman–Crippen LogP) is 1.62. The van der Waals surface area contributed by atoms with Crippen molar-refractivity contribution in [3.63, 3.8) is 0 Å². The van der Waals surface area contributed by atoms with Crippen LogP contribution in [0.25, 0.3) is 0 Å². The molecule has 1 atom stereocenters. The molecule has 4 nitrogen and oxygen atoms in total. The molecule has 0 saturated heterocycles. The minimum atomic E-state index is 0.540. The topological polar surface area (TPSA) is 41.9 Å². The summed E-state index contributed by atoms with van der Waals surface area (Å²) in [5, 5.41) is 11.4. The van der Waals surface area contributed by atoms with E-state index in [0.29, 0.717) is 6.04 Å². The molecule has 1 unspecified atom stereocenters. The van der Waals surface area contributed by atoms with Crippen molar-refractivity contribution < 1.29 is 0 Å². The number of nitrogens with zero attached hydrogens (tertiary/aromatic N) is 2. The zero-order valence-electron chi connectivity index (χ0n) is 8.51. The molecule has 0 spiro atoms. The summed E-state index contributed by atoms with van der Waals surface area (Å²) in [5.74, 6) is 2.36. The number of hydrogen-bond acceptors (Lipinski definition) is 3. The van der Waals surface area contributed by atoms with Gasteiger partial charge in [0, 0.05) is 18.7 Å². The van der Waals surface area contributed by atoms with Gasteiger partial charge in [-0.05, 0) is 26.2 Å². The van der Waals surface area contributed by atoms with Gasteiger partial charge in [-0.25, -0.2) is 4.68 Å². The SMILES string of the molecule is CC1CCNc2c3c(nn21)NCCC3. The van der Waals surface area contributed by atoms with E-state index in [4.69, 9.17) is 0 Å². The Morgan fingerprint density at radius 2 is 2.29 bits per heavy atom. The van der Waals surface area contributed by atoms with Gasteiger partial charge in [0.15, 0.2) is 5.82 Å². The zero-order chi connectivity index (χ0) is 9.54. The van der Waals surface area contributed by atoms with Gasteiger partial charge >= 0.3 is 0 Å². The van der Waals surface area contributed by atoms with Crippen LogP contribution in [0.4, 0.5) is 11.6 Å². The van der Waals surface area contributed by atoms with Gasteiger partial charge in [-0.3, -0.25) is 0 Å². The Labute approximate surface area is 83.7 Å². The highest BCUT2D eigenvalue weighted by Gasteiger charge is 2.25. The summed E-state index contributed by atoms with van der Waals surface area (Å²) < 4.78 is 2.15. The number of aromatic nitrogens is 2. The summed E-state index contributed by atoms with van der Waals surface area (Å²) in [4.78, 5) is 0. The van der Waals surface area contributed by atoms with Crippen LogP contribution < -0.4 is 10.6 Å². The molecule has 14 heavy (non-hydrogen) atoms. The van der Waals surface area contributed by atoms with Crippen LogP contribution in [0.3, 0.4) is 0 Å². The number of nitrogens with one attached hydrogen (secondary N) is 2. The van der Waals surface area contributed by atoms with Crippen LogP contribution in [0, 0.1) is 0 Å². The molecule has 3 heterocycles. The quantitative estimate of drug-likeness (QED) is 0.656. The number of rotatable bonds is 0. The molecule has 4 heteroatoms. The maximum absolute atomic E-state index is 4.62. The summed E-state index contributed by atoms with van der Waals surface area (Å²) in [5.41, 5.74) is 1.39. The summed E-state index contributed by atoms with van der Waals surface area (Å²) in [6.45, 7) is 4.39. The molecule has 2 N–H and O–H groups in total. The summed E-state index contributed by atoms with van der Waals surface area (Å²) in [6, 6.07) is 0.540. The minimum Gasteiger partial charge on any atom is -0.370 e. The van der Waals surface area contributed by atoms with Gasteiger partial charge in [0.2, 0.25) is 0 Å². The zero-order valence-corrected chi connectivity index (χ0v) is 8.51. The van der Waals surface area contributed by atoms with E-state index in [1.807, 2.05) is 0 Å². The van der Waals surface area contributed by atoms with Crippen LogP contribution in [0.15, 0.2) is 0 Å². The second kappa shape index (κ2) is 2.90. The van der Waals surface area contributed by atoms with Crippen LogP contribution >= 0.6 is 0 Å². The molecule has 0 bridgehead atoms. The monoisotopic (exact) mass is 192 g/mol. The van der Waals surface area contributed by atoms with Gasteiger partial charge in [-0.1, -0.05) is 0 Å². The van der Waals surface area contributed by atoms with E-state index in [0.717, 1.165) is 25.3 Å². The molecule has 3 rings (SSSR count). The maximum Gasteiger partial charge on any atom is 0.153 e. The van der Waals surface area contributed by atoms with Crippen molar-refractivity contribution in [3.05, 3.63) is 5.56 Å². The van der Waals surface area contributed by atoms with E-state index in [2.05, 4.69) is 27.3 Å². The van der Waals surface area contributed by atoms with Gasteiger partial charge < -0.3 is 10.6 Å². The Kier molecular flexibility index (Phi) is 1.69. The Balaban J connectivity index is 2.10. The summed E-state index contributed by atoms with van der Waals surface area (Å²) in [6.07, 6.45) is 3.56. The molecular weight excluding hydrogens is 176 g/mol. The fraction of sp³-hybridized carbons (Fsp3) is 0.700. The van der Waals surface area contributed by atoms with E-state index in [1.54, 1.807) is 0 Å². The maximum atomic E-state index is 4.62. The van der Waals surface area contributed by atoms with Gasteiger partial charge in [-0.2, -0.15) is 5.10 Å². The lowest BCUT2D eigenvalue weighted by molar-refractivity contribution is 0.454. The summed E-state index contributed by atoms with van der Waals surface area (Å²) >= 11 is 0. The average molecular weight is 192 g/mol. The highest BCUT2D eigenvalue weighted by atomic mass is 15.4. The van der Waals surface area contributed by atoms with Crippen LogP contribution in [0.5, 0.6) is 0 Å². The van der Waals surface area contributed by atoms with Crippen molar-refractivity contribution in [1.82, 2.24) is 9.78 Å². The first-order valence-corrected chi connectivity index (χ1v) is 5.45. The van der Waals surface area contributed by atoms with E-state index < -0.39 is 0 Å². The minimum absolute atomic E-state index is 0.540. The second-order valence-corrected chi connectivity index (χ2v) is 4.22. The lowest BCUT2D eigenvalue weighted by Crippen LogP contribution is -2.22. The molecule has 0 aromatic carbocycles. The van der Waals surface area contributed by atoms with Crippen molar-refractivity contribution >= 4 is 11.6 Å². The van der Waals surface area contributed by atoms with Crippen molar-refractivity contribution in [1.29, 1.82) is 0 Å². The first-order valence-electron chi connectivity index (χ1n) is 5.45. The average Bonchev–Trinajstić information content (AvgIpc) is 2.59. The predicted molar refractivity (Wildman–Crippen MR) is 56.9 cm³/mol. The third-order valence-electron chi connectivity index (χ3n) is 3.18. The van der Waals surface area contributed by atoms with Crippen molar-refractivity contribution in [2.45, 2.75) is 32.2 Å². The standard InChI is InChI=1S/C10H16N4/c1-7-4-6-12-10-8-3-2-5-11-9(8)13-14(7)10/h7,12H,2-6H2,1H3,(H,11,13). The van der Waals surface area contributed by atoms with Crippen LogP contribution in [-0.4, -0.2) is 22.9 Å². The fourth-order valence-corrected chi connectivity index (χ4v) is 2.35. The van der Waals surface area contributed by atoms with E-state index in [-0.39, 0.29) is 0 Å². The largest absolute Gasteiger partial charge is 0.370 e. The van der Waals surface area contributed by atoms with E-state index in [9.17, 15) is 0 Å². The van der Waals surface area contributed by atoms with Crippen molar-refractivity contribution in [3.8, 4) is 0 Å². The molecule has 76 valence electrons. The number of anilines is 2. The molecule has 2 aliphatic rings. The summed E-state index contributed by atoms with van der Waals surface area (Å²) in [7, 11) is 0.